The number of piperidine rings is 1. The first-order chi connectivity index (χ1) is 10.4. The molecule has 22 heavy (non-hydrogen) atoms. The number of hydrogen-bond donors (Lipinski definition) is 0. The van der Waals surface area contributed by atoms with Crippen molar-refractivity contribution in [2.24, 2.45) is 0 Å². The summed E-state index contributed by atoms with van der Waals surface area (Å²) in [5.41, 5.74) is 1.70. The summed E-state index contributed by atoms with van der Waals surface area (Å²) in [7, 11) is 0. The molecule has 1 aliphatic rings. The summed E-state index contributed by atoms with van der Waals surface area (Å²) in [4.78, 5) is 13.9. The van der Waals surface area contributed by atoms with Crippen molar-refractivity contribution in [3.8, 4) is 0 Å². The van der Waals surface area contributed by atoms with Gasteiger partial charge in [-0.15, -0.1) is 10.2 Å². The van der Waals surface area contributed by atoms with E-state index >= 15 is 0 Å². The molecule has 0 bridgehead atoms. The third-order valence-corrected chi connectivity index (χ3v) is 3.94. The molecule has 0 saturated carbocycles. The summed E-state index contributed by atoms with van der Waals surface area (Å²) < 4.78 is 7.33. The quantitative estimate of drug-likeness (QED) is 0.812. The van der Waals surface area contributed by atoms with Gasteiger partial charge in [0.05, 0.1) is 0 Å². The summed E-state index contributed by atoms with van der Waals surface area (Å²) in [5.74, 6) is 0.459. The Morgan fingerprint density at radius 3 is 2.73 bits per heavy atom. The van der Waals surface area contributed by atoms with E-state index in [1.807, 2.05) is 31.4 Å². The summed E-state index contributed by atoms with van der Waals surface area (Å²) in [5, 5.41) is 7.99. The van der Waals surface area contributed by atoms with Gasteiger partial charge in [0, 0.05) is 19.3 Å². The van der Waals surface area contributed by atoms with Crippen LogP contribution in [-0.4, -0.2) is 44.3 Å². The van der Waals surface area contributed by atoms with Crippen molar-refractivity contribution < 1.29 is 9.53 Å². The maximum atomic E-state index is 12.1. The van der Waals surface area contributed by atoms with Crippen LogP contribution in [0.2, 0.25) is 0 Å². The number of carbonyl (C=O) groups excluding carboxylic acids is 1. The molecule has 0 aromatic carbocycles. The molecule has 6 heteroatoms. The highest BCUT2D eigenvalue weighted by Gasteiger charge is 2.27. The summed E-state index contributed by atoms with van der Waals surface area (Å²) in [6.07, 6.45) is 5.38. The summed E-state index contributed by atoms with van der Waals surface area (Å²) in [6.45, 7) is 7.15. The molecule has 2 aromatic heterocycles. The van der Waals surface area contributed by atoms with Gasteiger partial charge in [0.25, 0.3) is 0 Å². The Labute approximate surface area is 130 Å². The molecule has 2 aromatic rings. The van der Waals surface area contributed by atoms with Gasteiger partial charge in [0.15, 0.2) is 5.65 Å². The second kappa shape index (κ2) is 5.59. The molecule has 3 rings (SSSR count). The molecule has 118 valence electrons. The van der Waals surface area contributed by atoms with Crippen molar-refractivity contribution in [3.63, 3.8) is 0 Å². The largest absolute Gasteiger partial charge is 0.444 e. The van der Waals surface area contributed by atoms with Gasteiger partial charge in [0.1, 0.15) is 11.9 Å². The predicted molar refractivity (Wildman–Crippen MR) is 82.8 cm³/mol. The average molecular weight is 302 g/mol. The Morgan fingerprint density at radius 1 is 1.32 bits per heavy atom. The Balaban J connectivity index is 1.62. The zero-order valence-corrected chi connectivity index (χ0v) is 13.3. The van der Waals surface area contributed by atoms with Crippen molar-refractivity contribution in [3.05, 3.63) is 30.2 Å². The van der Waals surface area contributed by atoms with Crippen LogP contribution in [-0.2, 0) is 4.74 Å². The zero-order chi connectivity index (χ0) is 15.7. The highest BCUT2D eigenvalue weighted by atomic mass is 16.6. The van der Waals surface area contributed by atoms with Crippen LogP contribution in [0.5, 0.6) is 0 Å². The second-order valence-corrected chi connectivity index (χ2v) is 6.80. The molecule has 1 amide bonds. The van der Waals surface area contributed by atoms with Crippen molar-refractivity contribution in [1.29, 1.82) is 0 Å². The van der Waals surface area contributed by atoms with Crippen LogP contribution < -0.4 is 0 Å². The first-order valence-corrected chi connectivity index (χ1v) is 7.69. The molecule has 1 fully saturated rings. The third kappa shape index (κ3) is 3.21. The Morgan fingerprint density at radius 2 is 2.05 bits per heavy atom. The average Bonchev–Trinajstić information content (AvgIpc) is 2.93. The number of likely N-dealkylation sites (tertiary alicyclic amines) is 1. The lowest BCUT2D eigenvalue weighted by atomic mass is 9.90. The van der Waals surface area contributed by atoms with Crippen LogP contribution in [0.1, 0.15) is 45.1 Å². The van der Waals surface area contributed by atoms with Gasteiger partial charge in [-0.25, -0.2) is 4.79 Å². The maximum absolute atomic E-state index is 12.1. The minimum absolute atomic E-state index is 0.209. The number of pyridine rings is 1. The molecule has 6 nitrogen and oxygen atoms in total. The topological polar surface area (TPSA) is 59.7 Å². The normalized spacial score (nSPS) is 17.0. The molecule has 0 aliphatic carbocycles. The van der Waals surface area contributed by atoms with Crippen LogP contribution >= 0.6 is 0 Å². The van der Waals surface area contributed by atoms with Gasteiger partial charge in [-0.3, -0.25) is 4.40 Å². The fourth-order valence-electron chi connectivity index (χ4n) is 2.81. The highest BCUT2D eigenvalue weighted by Crippen LogP contribution is 2.29. The minimum Gasteiger partial charge on any atom is -0.444 e. The number of amides is 1. The fraction of sp³-hybridized carbons (Fsp3) is 0.562. The molecule has 0 unspecified atom stereocenters. The van der Waals surface area contributed by atoms with Gasteiger partial charge in [-0.1, -0.05) is 0 Å². The van der Waals surface area contributed by atoms with Crippen molar-refractivity contribution >= 4 is 11.7 Å². The van der Waals surface area contributed by atoms with Crippen molar-refractivity contribution in [2.45, 2.75) is 45.1 Å². The number of fused-ring (bicyclic) bond motifs is 1. The molecule has 1 saturated heterocycles. The first kappa shape index (κ1) is 14.8. The van der Waals surface area contributed by atoms with E-state index in [2.05, 4.69) is 22.3 Å². The van der Waals surface area contributed by atoms with Crippen LogP contribution in [0.15, 0.2) is 24.7 Å². The molecule has 0 N–H and O–H groups in total. The van der Waals surface area contributed by atoms with Crippen molar-refractivity contribution in [2.75, 3.05) is 13.1 Å². The van der Waals surface area contributed by atoms with E-state index in [4.69, 9.17) is 4.74 Å². The summed E-state index contributed by atoms with van der Waals surface area (Å²) in [6, 6.07) is 4.20. The first-order valence-electron chi connectivity index (χ1n) is 7.69. The van der Waals surface area contributed by atoms with Crippen LogP contribution in [0, 0.1) is 0 Å². The Kier molecular flexibility index (Phi) is 3.76. The number of aromatic nitrogens is 3. The molecule has 0 spiro atoms. The predicted octanol–water partition coefficient (Wildman–Crippen LogP) is 2.84. The smallest absolute Gasteiger partial charge is 0.410 e. The molecule has 0 radical (unpaired) electrons. The van der Waals surface area contributed by atoms with Gasteiger partial charge in [0.2, 0.25) is 0 Å². The lowest BCUT2D eigenvalue weighted by Crippen LogP contribution is -2.41. The number of rotatable bonds is 1. The van der Waals surface area contributed by atoms with Gasteiger partial charge >= 0.3 is 6.09 Å². The lowest BCUT2D eigenvalue weighted by molar-refractivity contribution is 0.0205. The number of carbonyl (C=O) groups is 1. The molecular formula is C16H22N4O2. The minimum atomic E-state index is -0.438. The zero-order valence-electron chi connectivity index (χ0n) is 13.3. The van der Waals surface area contributed by atoms with E-state index in [0.29, 0.717) is 5.92 Å². The van der Waals surface area contributed by atoms with Gasteiger partial charge in [-0.2, -0.15) is 0 Å². The van der Waals surface area contributed by atoms with E-state index in [0.717, 1.165) is 31.6 Å². The van der Waals surface area contributed by atoms with Crippen LogP contribution in [0.25, 0.3) is 5.65 Å². The highest BCUT2D eigenvalue weighted by molar-refractivity contribution is 5.68. The summed E-state index contributed by atoms with van der Waals surface area (Å²) >= 11 is 0. The third-order valence-electron chi connectivity index (χ3n) is 3.94. The maximum Gasteiger partial charge on any atom is 0.410 e. The fourth-order valence-corrected chi connectivity index (χ4v) is 2.81. The van der Waals surface area contributed by atoms with Crippen LogP contribution in [0.4, 0.5) is 4.79 Å². The van der Waals surface area contributed by atoms with Crippen LogP contribution in [0.3, 0.4) is 0 Å². The monoisotopic (exact) mass is 302 g/mol. The molecule has 1 aliphatic heterocycles. The van der Waals surface area contributed by atoms with Gasteiger partial charge in [-0.05, 0) is 57.2 Å². The van der Waals surface area contributed by atoms with Gasteiger partial charge < -0.3 is 9.64 Å². The molecule has 0 atom stereocenters. The Hall–Kier alpha value is -2.11. The second-order valence-electron chi connectivity index (χ2n) is 6.80. The van der Waals surface area contributed by atoms with Crippen molar-refractivity contribution in [1.82, 2.24) is 19.5 Å². The number of hydrogen-bond acceptors (Lipinski definition) is 4. The Bertz CT molecular complexity index is 666. The van der Waals surface area contributed by atoms with E-state index in [-0.39, 0.29) is 6.09 Å². The van der Waals surface area contributed by atoms with E-state index in [1.165, 1.54) is 5.56 Å². The standard InChI is InChI=1S/C16H22N4O2/c1-16(2,3)22-15(21)19-7-4-12(5-8-19)13-6-9-20-11-17-18-14(20)10-13/h6,9-12H,4-5,7-8H2,1-3H3. The SMILES string of the molecule is CC(C)(C)OC(=O)N1CCC(c2ccn3cnnc3c2)CC1. The van der Waals surface area contributed by atoms with E-state index in [9.17, 15) is 4.79 Å². The number of ether oxygens (including phenoxy) is 1. The lowest BCUT2D eigenvalue weighted by Gasteiger charge is -2.33. The van der Waals surface area contributed by atoms with E-state index in [1.54, 1.807) is 11.2 Å². The van der Waals surface area contributed by atoms with E-state index < -0.39 is 5.60 Å². The molecule has 3 heterocycles. The number of nitrogens with zero attached hydrogens (tertiary/aromatic N) is 4. The molecular weight excluding hydrogens is 280 g/mol.